The third kappa shape index (κ3) is 1.92. The lowest BCUT2D eigenvalue weighted by Crippen LogP contribution is -2.35. The van der Waals surface area contributed by atoms with Crippen LogP contribution in [0.15, 0.2) is 20.7 Å². The third-order valence-electron chi connectivity index (χ3n) is 2.35. The predicted octanol–water partition coefficient (Wildman–Crippen LogP) is 0.668. The second kappa shape index (κ2) is 3.65. The zero-order valence-electron chi connectivity index (χ0n) is 7.95. The van der Waals surface area contributed by atoms with Crippen molar-refractivity contribution in [1.29, 1.82) is 0 Å². The molecule has 0 amide bonds. The molecule has 0 radical (unpaired) electrons. The van der Waals surface area contributed by atoms with E-state index in [4.69, 9.17) is 0 Å². The second-order valence-corrected chi connectivity index (χ2v) is 4.38. The van der Waals surface area contributed by atoms with E-state index in [1.54, 1.807) is 0 Å². The monoisotopic (exact) mass is 212 g/mol. The van der Waals surface area contributed by atoms with Crippen molar-refractivity contribution in [2.45, 2.75) is 24.4 Å². The molecule has 1 heterocycles. The van der Waals surface area contributed by atoms with E-state index >= 15 is 0 Å². The summed E-state index contributed by atoms with van der Waals surface area (Å²) in [6, 6.07) is 1.48. The molecule has 1 aromatic heterocycles. The Morgan fingerprint density at radius 1 is 1.57 bits per heavy atom. The highest BCUT2D eigenvalue weighted by atomic mass is 32.2. The van der Waals surface area contributed by atoms with E-state index in [0.29, 0.717) is 17.5 Å². The molecule has 0 saturated heterocycles. The molecule has 1 N–H and O–H groups in total. The van der Waals surface area contributed by atoms with E-state index in [9.17, 15) is 9.59 Å². The third-order valence-corrected chi connectivity index (χ3v) is 3.01. The molecule has 0 bridgehead atoms. The number of nitrogens with zero attached hydrogens (tertiary/aromatic N) is 1. The van der Waals surface area contributed by atoms with Gasteiger partial charge in [0.05, 0.1) is 5.03 Å². The van der Waals surface area contributed by atoms with Crippen LogP contribution in [0.25, 0.3) is 0 Å². The van der Waals surface area contributed by atoms with Gasteiger partial charge in [-0.05, 0) is 25.0 Å². The first kappa shape index (κ1) is 9.58. The van der Waals surface area contributed by atoms with Gasteiger partial charge in [0.15, 0.2) is 0 Å². The van der Waals surface area contributed by atoms with Crippen LogP contribution in [0.5, 0.6) is 0 Å². The molecule has 0 aromatic carbocycles. The molecule has 0 spiro atoms. The van der Waals surface area contributed by atoms with Crippen LogP contribution in [0.2, 0.25) is 0 Å². The number of hydrogen-bond acceptors (Lipinski definition) is 3. The molecular weight excluding hydrogens is 200 g/mol. The fourth-order valence-electron chi connectivity index (χ4n) is 1.34. The number of aromatic amines is 1. The van der Waals surface area contributed by atoms with Gasteiger partial charge in [-0.15, -0.1) is 11.8 Å². The van der Waals surface area contributed by atoms with Crippen LogP contribution in [-0.4, -0.2) is 15.8 Å². The maximum Gasteiger partial charge on any atom is 0.329 e. The maximum atomic E-state index is 11.5. The molecular formula is C9H12N2O2S. The van der Waals surface area contributed by atoms with Crippen LogP contribution < -0.4 is 11.2 Å². The molecule has 0 aliphatic heterocycles. The van der Waals surface area contributed by atoms with Crippen molar-refractivity contribution in [3.8, 4) is 0 Å². The molecule has 2 rings (SSSR count). The minimum absolute atomic E-state index is 0.190. The lowest BCUT2D eigenvalue weighted by Gasteiger charge is -2.03. The van der Waals surface area contributed by atoms with Gasteiger partial charge >= 0.3 is 5.69 Å². The fraction of sp³-hybridized carbons (Fsp3) is 0.556. The highest BCUT2D eigenvalue weighted by molar-refractivity contribution is 7.98. The summed E-state index contributed by atoms with van der Waals surface area (Å²) in [5, 5.41) is 0.632. The summed E-state index contributed by atoms with van der Waals surface area (Å²) in [6.45, 7) is 0.572. The van der Waals surface area contributed by atoms with Gasteiger partial charge in [-0.1, -0.05) is 0 Å². The summed E-state index contributed by atoms with van der Waals surface area (Å²) in [7, 11) is 0. The van der Waals surface area contributed by atoms with E-state index in [-0.39, 0.29) is 11.2 Å². The Morgan fingerprint density at radius 3 is 2.79 bits per heavy atom. The van der Waals surface area contributed by atoms with Crippen molar-refractivity contribution in [3.63, 3.8) is 0 Å². The average molecular weight is 212 g/mol. The van der Waals surface area contributed by atoms with Crippen LogP contribution in [-0.2, 0) is 6.54 Å². The largest absolute Gasteiger partial charge is 0.329 e. The van der Waals surface area contributed by atoms with E-state index < -0.39 is 0 Å². The maximum absolute atomic E-state index is 11.5. The van der Waals surface area contributed by atoms with Crippen molar-refractivity contribution in [1.82, 2.24) is 9.55 Å². The number of aromatic nitrogens is 2. The minimum atomic E-state index is -0.284. The number of hydrogen-bond donors (Lipinski definition) is 1. The smallest absolute Gasteiger partial charge is 0.302 e. The summed E-state index contributed by atoms with van der Waals surface area (Å²) in [5.41, 5.74) is -0.473. The first-order chi connectivity index (χ1) is 6.70. The summed E-state index contributed by atoms with van der Waals surface area (Å²) in [4.78, 5) is 25.7. The molecule has 1 saturated carbocycles. The Labute approximate surface area is 85.3 Å². The highest BCUT2D eigenvalue weighted by Crippen LogP contribution is 2.29. The van der Waals surface area contributed by atoms with Gasteiger partial charge in [0, 0.05) is 12.6 Å². The Bertz CT molecular complexity index is 414. The van der Waals surface area contributed by atoms with Gasteiger partial charge in [0.1, 0.15) is 0 Å². The second-order valence-electron chi connectivity index (χ2n) is 3.54. The summed E-state index contributed by atoms with van der Waals surface area (Å²) < 4.78 is 1.29. The quantitative estimate of drug-likeness (QED) is 0.592. The number of nitrogens with one attached hydrogen (secondary N) is 1. The molecule has 0 atom stereocenters. The minimum Gasteiger partial charge on any atom is -0.302 e. The molecule has 4 nitrogen and oxygen atoms in total. The van der Waals surface area contributed by atoms with Crippen molar-refractivity contribution in [2.24, 2.45) is 5.92 Å². The Morgan fingerprint density at radius 2 is 2.29 bits per heavy atom. The fourth-order valence-corrected chi connectivity index (χ4v) is 1.75. The Hall–Kier alpha value is -0.970. The molecule has 1 aliphatic carbocycles. The average Bonchev–Trinajstić information content (AvgIpc) is 2.94. The first-order valence-electron chi connectivity index (χ1n) is 4.59. The van der Waals surface area contributed by atoms with Gasteiger partial charge < -0.3 is 4.98 Å². The molecule has 1 aromatic rings. The van der Waals surface area contributed by atoms with Gasteiger partial charge in [-0.2, -0.15) is 0 Å². The van der Waals surface area contributed by atoms with Gasteiger partial charge in [0.2, 0.25) is 0 Å². The van der Waals surface area contributed by atoms with Crippen LogP contribution in [0, 0.1) is 5.92 Å². The standard InChI is InChI=1S/C9H12N2O2S/c1-14-7-4-8(12)11(9(13)10-7)5-6-2-3-6/h4,6H,2-3,5H2,1H3,(H,10,13). The molecule has 14 heavy (non-hydrogen) atoms. The molecule has 0 unspecified atom stereocenters. The lowest BCUT2D eigenvalue weighted by molar-refractivity contribution is 0.567. The number of thioether (sulfide) groups is 1. The van der Waals surface area contributed by atoms with Crippen molar-refractivity contribution in [2.75, 3.05) is 6.26 Å². The summed E-state index contributed by atoms with van der Waals surface area (Å²) in [6.07, 6.45) is 4.10. The number of rotatable bonds is 3. The zero-order valence-corrected chi connectivity index (χ0v) is 8.76. The van der Waals surface area contributed by atoms with Crippen LogP contribution in [0.1, 0.15) is 12.8 Å². The first-order valence-corrected chi connectivity index (χ1v) is 5.81. The Kier molecular flexibility index (Phi) is 2.50. The topological polar surface area (TPSA) is 54.9 Å². The Balaban J connectivity index is 2.38. The van der Waals surface area contributed by atoms with Gasteiger partial charge in [-0.25, -0.2) is 4.79 Å². The highest BCUT2D eigenvalue weighted by Gasteiger charge is 2.23. The molecule has 1 aliphatic rings. The SMILES string of the molecule is CSc1cc(=O)n(CC2CC2)c(=O)[nH]1. The predicted molar refractivity (Wildman–Crippen MR) is 55.8 cm³/mol. The molecule has 1 fully saturated rings. The van der Waals surface area contributed by atoms with Crippen LogP contribution >= 0.6 is 11.8 Å². The van der Waals surface area contributed by atoms with E-state index in [0.717, 1.165) is 12.8 Å². The normalized spacial score (nSPS) is 15.8. The summed E-state index contributed by atoms with van der Waals surface area (Å²) >= 11 is 1.37. The van der Waals surface area contributed by atoms with Crippen molar-refractivity contribution >= 4 is 11.8 Å². The molecule has 5 heteroatoms. The van der Waals surface area contributed by atoms with E-state index in [1.165, 1.54) is 22.4 Å². The lowest BCUT2D eigenvalue weighted by atomic mass is 10.4. The van der Waals surface area contributed by atoms with Crippen molar-refractivity contribution in [3.05, 3.63) is 26.9 Å². The van der Waals surface area contributed by atoms with E-state index in [1.807, 2.05) is 6.26 Å². The van der Waals surface area contributed by atoms with Crippen LogP contribution in [0.3, 0.4) is 0 Å². The number of H-pyrrole nitrogens is 1. The molecule has 76 valence electrons. The van der Waals surface area contributed by atoms with Crippen LogP contribution in [0.4, 0.5) is 0 Å². The zero-order chi connectivity index (χ0) is 10.1. The van der Waals surface area contributed by atoms with Gasteiger partial charge in [0.25, 0.3) is 5.56 Å². The van der Waals surface area contributed by atoms with E-state index in [2.05, 4.69) is 4.98 Å². The van der Waals surface area contributed by atoms with Crippen molar-refractivity contribution < 1.29 is 0 Å². The summed E-state index contributed by atoms with van der Waals surface area (Å²) in [5.74, 6) is 0.536. The van der Waals surface area contributed by atoms with Gasteiger partial charge in [-0.3, -0.25) is 9.36 Å².